The lowest BCUT2D eigenvalue weighted by atomic mass is 9.77. The van der Waals surface area contributed by atoms with Gasteiger partial charge in [0.05, 0.1) is 22.0 Å². The molecule has 0 atom stereocenters. The molecule has 34 heavy (non-hydrogen) atoms. The third kappa shape index (κ3) is 4.59. The molecule has 1 spiro atoms. The Morgan fingerprint density at radius 3 is 2.29 bits per heavy atom. The van der Waals surface area contributed by atoms with Crippen molar-refractivity contribution in [2.45, 2.75) is 19.3 Å². The average molecular weight is 542 g/mol. The van der Waals surface area contributed by atoms with Gasteiger partial charge in [-0.3, -0.25) is 4.79 Å². The van der Waals surface area contributed by atoms with Crippen LogP contribution in [0.5, 0.6) is 0 Å². The molecule has 2 fully saturated rings. The van der Waals surface area contributed by atoms with Gasteiger partial charge in [0.2, 0.25) is 0 Å². The first-order valence-electron chi connectivity index (χ1n) is 11.5. The fourth-order valence-corrected chi connectivity index (χ4v) is 5.75. The van der Waals surface area contributed by atoms with E-state index >= 15 is 0 Å². The first kappa shape index (κ1) is 23.0. The van der Waals surface area contributed by atoms with Crippen LogP contribution in [0.1, 0.15) is 29.6 Å². The van der Waals surface area contributed by atoms with Crippen LogP contribution >= 0.6 is 27.5 Å². The number of likely N-dealkylation sites (tertiary alicyclic amines) is 2. The number of halogens is 2. The molecule has 2 saturated heterocycles. The van der Waals surface area contributed by atoms with Crippen LogP contribution in [0.3, 0.4) is 0 Å². The molecule has 176 valence electrons. The SMILES string of the molecule is O=C(Nc1ccc(Br)cc1Cl)N1CCC2(CCN(C(=O)c3ccccc3-n3cccc3)CC2)C1. The van der Waals surface area contributed by atoms with Gasteiger partial charge in [-0.25, -0.2) is 4.79 Å². The van der Waals surface area contributed by atoms with Crippen molar-refractivity contribution < 1.29 is 9.59 Å². The summed E-state index contributed by atoms with van der Waals surface area (Å²) in [6.45, 7) is 2.82. The summed E-state index contributed by atoms with van der Waals surface area (Å²) in [5, 5.41) is 3.44. The highest BCUT2D eigenvalue weighted by molar-refractivity contribution is 9.10. The average Bonchev–Trinajstić information content (AvgIpc) is 3.52. The Balaban J connectivity index is 1.21. The van der Waals surface area contributed by atoms with E-state index in [-0.39, 0.29) is 17.4 Å². The van der Waals surface area contributed by atoms with Crippen LogP contribution in [-0.2, 0) is 0 Å². The lowest BCUT2D eigenvalue weighted by Gasteiger charge is -2.39. The molecule has 0 aliphatic carbocycles. The van der Waals surface area contributed by atoms with Crippen molar-refractivity contribution in [3.8, 4) is 5.69 Å². The number of nitrogens with one attached hydrogen (secondary N) is 1. The molecular formula is C26H26BrClN4O2. The number of benzene rings is 2. The number of anilines is 1. The van der Waals surface area contributed by atoms with Gasteiger partial charge >= 0.3 is 6.03 Å². The van der Waals surface area contributed by atoms with Crippen LogP contribution in [0.15, 0.2) is 71.5 Å². The number of hydrogen-bond donors (Lipinski definition) is 1. The van der Waals surface area contributed by atoms with Gasteiger partial charge in [0.25, 0.3) is 5.91 Å². The summed E-state index contributed by atoms with van der Waals surface area (Å²) in [4.78, 5) is 30.1. The molecule has 0 radical (unpaired) electrons. The Hall–Kier alpha value is -2.77. The zero-order chi connectivity index (χ0) is 23.7. The number of nitrogens with zero attached hydrogens (tertiary/aromatic N) is 3. The van der Waals surface area contributed by atoms with Crippen LogP contribution in [0.2, 0.25) is 5.02 Å². The molecule has 0 bridgehead atoms. The summed E-state index contributed by atoms with van der Waals surface area (Å²) in [6, 6.07) is 17.0. The van der Waals surface area contributed by atoms with E-state index in [0.717, 1.165) is 29.4 Å². The van der Waals surface area contributed by atoms with Crippen LogP contribution in [-0.4, -0.2) is 52.5 Å². The Morgan fingerprint density at radius 2 is 1.59 bits per heavy atom. The van der Waals surface area contributed by atoms with Gasteiger partial charge in [-0.2, -0.15) is 0 Å². The number of carbonyl (C=O) groups excluding carboxylic acids is 2. The Labute approximate surface area is 212 Å². The van der Waals surface area contributed by atoms with E-state index in [1.165, 1.54) is 0 Å². The lowest BCUT2D eigenvalue weighted by Crippen LogP contribution is -2.45. The Bertz CT molecular complexity index is 1210. The summed E-state index contributed by atoms with van der Waals surface area (Å²) in [6.07, 6.45) is 6.66. The summed E-state index contributed by atoms with van der Waals surface area (Å²) >= 11 is 9.64. The highest BCUT2D eigenvalue weighted by Crippen LogP contribution is 2.41. The van der Waals surface area contributed by atoms with Gasteiger partial charge in [-0.1, -0.05) is 39.7 Å². The maximum Gasteiger partial charge on any atom is 0.321 e. The standard InChI is InChI=1S/C26H26BrClN4O2/c27-19-7-8-22(21(28)17-19)29-25(34)32-16-11-26(18-32)9-14-31(15-10-26)24(33)20-5-1-2-6-23(20)30-12-3-4-13-30/h1-8,12-13,17H,9-11,14-16,18H2,(H,29,34). The maximum absolute atomic E-state index is 13.4. The molecule has 3 aromatic rings. The molecule has 6 nitrogen and oxygen atoms in total. The second-order valence-corrected chi connectivity index (χ2v) is 10.4. The first-order valence-corrected chi connectivity index (χ1v) is 12.6. The van der Waals surface area contributed by atoms with Crippen molar-refractivity contribution in [2.75, 3.05) is 31.5 Å². The molecule has 2 aromatic carbocycles. The predicted octanol–water partition coefficient (Wildman–Crippen LogP) is 6.05. The molecule has 2 aliphatic heterocycles. The quantitative estimate of drug-likeness (QED) is 0.439. The molecule has 2 aliphatic rings. The Kier molecular flexibility index (Phi) is 6.40. The molecule has 5 rings (SSSR count). The smallest absolute Gasteiger partial charge is 0.321 e. The number of para-hydroxylation sites is 1. The Morgan fingerprint density at radius 1 is 0.912 bits per heavy atom. The predicted molar refractivity (Wildman–Crippen MR) is 138 cm³/mol. The largest absolute Gasteiger partial charge is 0.339 e. The van der Waals surface area contributed by atoms with Gasteiger partial charge in [0.1, 0.15) is 0 Å². The first-order chi connectivity index (χ1) is 16.4. The molecule has 3 heterocycles. The summed E-state index contributed by atoms with van der Waals surface area (Å²) in [7, 11) is 0. The number of piperidine rings is 1. The number of rotatable bonds is 3. The molecule has 0 saturated carbocycles. The highest BCUT2D eigenvalue weighted by atomic mass is 79.9. The maximum atomic E-state index is 13.4. The number of carbonyl (C=O) groups is 2. The third-order valence-corrected chi connectivity index (χ3v) is 7.83. The zero-order valence-electron chi connectivity index (χ0n) is 18.7. The molecule has 3 amide bonds. The van der Waals surface area contributed by atoms with E-state index in [9.17, 15) is 9.59 Å². The van der Waals surface area contributed by atoms with Gasteiger partial charge in [0.15, 0.2) is 0 Å². The lowest BCUT2D eigenvalue weighted by molar-refractivity contribution is 0.0595. The normalized spacial score (nSPS) is 17.2. The van der Waals surface area contributed by atoms with E-state index in [2.05, 4.69) is 21.2 Å². The molecule has 1 N–H and O–H groups in total. The monoisotopic (exact) mass is 540 g/mol. The van der Waals surface area contributed by atoms with Crippen molar-refractivity contribution in [2.24, 2.45) is 5.41 Å². The van der Waals surface area contributed by atoms with Crippen molar-refractivity contribution in [1.29, 1.82) is 0 Å². The topological polar surface area (TPSA) is 57.6 Å². The van der Waals surface area contributed by atoms with Crippen LogP contribution in [0.4, 0.5) is 10.5 Å². The zero-order valence-corrected chi connectivity index (χ0v) is 21.1. The van der Waals surface area contributed by atoms with Crippen molar-refractivity contribution in [1.82, 2.24) is 14.4 Å². The molecule has 0 unspecified atom stereocenters. The fourth-order valence-electron chi connectivity index (χ4n) is 5.03. The van der Waals surface area contributed by atoms with E-state index in [1.54, 1.807) is 12.1 Å². The molecule has 8 heteroatoms. The molecular weight excluding hydrogens is 516 g/mol. The van der Waals surface area contributed by atoms with E-state index < -0.39 is 0 Å². The van der Waals surface area contributed by atoms with Crippen molar-refractivity contribution in [3.63, 3.8) is 0 Å². The summed E-state index contributed by atoms with van der Waals surface area (Å²) < 4.78 is 2.84. The van der Waals surface area contributed by atoms with Crippen molar-refractivity contribution >= 4 is 45.2 Å². The number of urea groups is 1. The highest BCUT2D eigenvalue weighted by Gasteiger charge is 2.43. The second kappa shape index (κ2) is 9.47. The number of aromatic nitrogens is 1. The number of amides is 3. The summed E-state index contributed by atoms with van der Waals surface area (Å²) in [5.74, 6) is 0.0663. The third-order valence-electron chi connectivity index (χ3n) is 7.03. The van der Waals surface area contributed by atoms with E-state index in [1.807, 2.05) is 69.2 Å². The van der Waals surface area contributed by atoms with Gasteiger partial charge in [-0.05, 0) is 67.1 Å². The van der Waals surface area contributed by atoms with Gasteiger partial charge in [0, 0.05) is 43.0 Å². The minimum absolute atomic E-state index is 0.0663. The minimum Gasteiger partial charge on any atom is -0.339 e. The minimum atomic E-state index is -0.125. The van der Waals surface area contributed by atoms with Crippen LogP contribution in [0, 0.1) is 5.41 Å². The van der Waals surface area contributed by atoms with Gasteiger partial charge in [-0.15, -0.1) is 0 Å². The van der Waals surface area contributed by atoms with E-state index in [4.69, 9.17) is 11.6 Å². The van der Waals surface area contributed by atoms with E-state index in [0.29, 0.717) is 42.5 Å². The molecule has 1 aromatic heterocycles. The van der Waals surface area contributed by atoms with Crippen LogP contribution < -0.4 is 5.32 Å². The number of hydrogen-bond acceptors (Lipinski definition) is 2. The van der Waals surface area contributed by atoms with Gasteiger partial charge < -0.3 is 19.7 Å². The summed E-state index contributed by atoms with van der Waals surface area (Å²) in [5.41, 5.74) is 2.29. The second-order valence-electron chi connectivity index (χ2n) is 9.13. The van der Waals surface area contributed by atoms with Crippen molar-refractivity contribution in [3.05, 3.63) is 82.0 Å². The fraction of sp³-hybridized carbons (Fsp3) is 0.308. The van der Waals surface area contributed by atoms with Crippen LogP contribution in [0.25, 0.3) is 5.69 Å².